The van der Waals surface area contributed by atoms with E-state index < -0.39 is 6.10 Å². The highest BCUT2D eigenvalue weighted by Crippen LogP contribution is 2.33. The molecule has 0 amide bonds. The first-order valence-corrected chi connectivity index (χ1v) is 6.76. The van der Waals surface area contributed by atoms with Crippen molar-refractivity contribution in [2.45, 2.75) is 20.0 Å². The molecular formula is C13H12Cl2OS. The fourth-order valence-corrected chi connectivity index (χ4v) is 3.05. The Morgan fingerprint density at radius 2 is 1.82 bits per heavy atom. The van der Waals surface area contributed by atoms with E-state index in [0.29, 0.717) is 10.0 Å². The number of hydrogen-bond acceptors (Lipinski definition) is 2. The van der Waals surface area contributed by atoms with Crippen molar-refractivity contribution in [3.8, 4) is 0 Å². The van der Waals surface area contributed by atoms with Gasteiger partial charge in [-0.15, -0.1) is 11.3 Å². The van der Waals surface area contributed by atoms with Gasteiger partial charge in [-0.05, 0) is 43.2 Å². The summed E-state index contributed by atoms with van der Waals surface area (Å²) in [5.74, 6) is 0. The maximum Gasteiger partial charge on any atom is 0.105 e. The zero-order valence-corrected chi connectivity index (χ0v) is 11.8. The molecule has 1 nitrogen and oxygen atoms in total. The average Bonchev–Trinajstić information content (AvgIpc) is 2.61. The molecule has 0 aliphatic carbocycles. The van der Waals surface area contributed by atoms with Crippen molar-refractivity contribution in [2.24, 2.45) is 0 Å². The Kier molecular flexibility index (Phi) is 3.79. The predicted molar refractivity (Wildman–Crippen MR) is 74.3 cm³/mol. The third-order valence-corrected chi connectivity index (χ3v) is 4.35. The zero-order chi connectivity index (χ0) is 12.6. The summed E-state index contributed by atoms with van der Waals surface area (Å²) in [7, 11) is 0. The second-order valence-corrected chi connectivity index (χ2v) is 6.22. The number of aliphatic hydroxyl groups excluding tert-OH is 1. The molecule has 0 aliphatic rings. The minimum atomic E-state index is -0.644. The molecule has 0 saturated heterocycles. The van der Waals surface area contributed by atoms with E-state index in [1.807, 2.05) is 19.9 Å². The number of thiophene rings is 1. The molecule has 0 aliphatic heterocycles. The number of rotatable bonds is 2. The number of hydrogen-bond donors (Lipinski definition) is 1. The number of benzene rings is 1. The monoisotopic (exact) mass is 286 g/mol. The topological polar surface area (TPSA) is 20.2 Å². The van der Waals surface area contributed by atoms with Crippen LogP contribution >= 0.6 is 34.5 Å². The molecule has 4 heteroatoms. The molecule has 0 saturated carbocycles. The van der Waals surface area contributed by atoms with Gasteiger partial charge in [0.05, 0.1) is 10.0 Å². The molecule has 1 aromatic carbocycles. The molecule has 2 aromatic rings. The molecule has 1 aromatic heterocycles. The highest BCUT2D eigenvalue weighted by atomic mass is 35.5. The van der Waals surface area contributed by atoms with Gasteiger partial charge in [-0.25, -0.2) is 0 Å². The maximum atomic E-state index is 10.3. The van der Waals surface area contributed by atoms with Crippen molar-refractivity contribution in [1.29, 1.82) is 0 Å². The lowest BCUT2D eigenvalue weighted by Crippen LogP contribution is -1.99. The Labute approximate surface area is 115 Å². The van der Waals surface area contributed by atoms with Gasteiger partial charge in [-0.3, -0.25) is 0 Å². The van der Waals surface area contributed by atoms with Crippen LogP contribution in [-0.4, -0.2) is 5.11 Å². The minimum absolute atomic E-state index is 0.466. The summed E-state index contributed by atoms with van der Waals surface area (Å²) >= 11 is 13.5. The van der Waals surface area contributed by atoms with E-state index in [9.17, 15) is 5.11 Å². The first-order valence-electron chi connectivity index (χ1n) is 5.19. The molecular weight excluding hydrogens is 275 g/mol. The molecule has 0 spiro atoms. The number of halogens is 2. The van der Waals surface area contributed by atoms with Crippen molar-refractivity contribution in [1.82, 2.24) is 0 Å². The highest BCUT2D eigenvalue weighted by Gasteiger charge is 2.16. The van der Waals surface area contributed by atoms with Gasteiger partial charge in [0.1, 0.15) is 6.10 Å². The first-order chi connectivity index (χ1) is 7.99. The highest BCUT2D eigenvalue weighted by molar-refractivity contribution is 7.12. The van der Waals surface area contributed by atoms with Gasteiger partial charge in [-0.2, -0.15) is 0 Å². The Morgan fingerprint density at radius 3 is 2.35 bits per heavy atom. The van der Waals surface area contributed by atoms with Gasteiger partial charge in [0.15, 0.2) is 0 Å². The smallest absolute Gasteiger partial charge is 0.105 e. The van der Waals surface area contributed by atoms with Crippen LogP contribution in [0, 0.1) is 13.8 Å². The van der Waals surface area contributed by atoms with Gasteiger partial charge in [0.25, 0.3) is 0 Å². The normalized spacial score (nSPS) is 12.8. The van der Waals surface area contributed by atoms with Crippen molar-refractivity contribution < 1.29 is 5.11 Å². The summed E-state index contributed by atoms with van der Waals surface area (Å²) in [5.41, 5.74) is 1.70. The second kappa shape index (κ2) is 4.99. The van der Waals surface area contributed by atoms with Crippen LogP contribution < -0.4 is 0 Å². The summed E-state index contributed by atoms with van der Waals surface area (Å²) in [6, 6.07) is 7.22. The quantitative estimate of drug-likeness (QED) is 0.844. The molecule has 1 unspecified atom stereocenters. The fraction of sp³-hybridized carbons (Fsp3) is 0.231. The van der Waals surface area contributed by atoms with E-state index in [4.69, 9.17) is 23.2 Å². The van der Waals surface area contributed by atoms with Crippen molar-refractivity contribution in [2.75, 3.05) is 0 Å². The van der Waals surface area contributed by atoms with Crippen molar-refractivity contribution in [3.63, 3.8) is 0 Å². The number of aliphatic hydroxyl groups is 1. The summed E-state index contributed by atoms with van der Waals surface area (Å²) in [6.07, 6.45) is -0.644. The summed E-state index contributed by atoms with van der Waals surface area (Å²) in [6.45, 7) is 4.04. The Hall–Kier alpha value is -0.540. The lowest BCUT2D eigenvalue weighted by atomic mass is 10.0. The molecule has 17 heavy (non-hydrogen) atoms. The molecule has 1 N–H and O–H groups in total. The second-order valence-electron chi connectivity index (χ2n) is 3.94. The van der Waals surface area contributed by atoms with E-state index in [1.165, 1.54) is 4.88 Å². The van der Waals surface area contributed by atoms with E-state index >= 15 is 0 Å². The van der Waals surface area contributed by atoms with Gasteiger partial charge < -0.3 is 5.11 Å². The lowest BCUT2D eigenvalue weighted by Gasteiger charge is -2.11. The van der Waals surface area contributed by atoms with Crippen LogP contribution in [0.1, 0.15) is 27.0 Å². The van der Waals surface area contributed by atoms with Crippen molar-refractivity contribution >= 4 is 34.5 Å². The standard InChI is InChI=1S/C13H12Cl2OS/c1-7-5-10(8(2)17-7)13(16)9-3-4-11(14)12(15)6-9/h3-6,13,16H,1-2H3. The molecule has 0 bridgehead atoms. The Bertz CT molecular complexity index is 548. The van der Waals surface area contributed by atoms with E-state index in [0.717, 1.165) is 16.0 Å². The van der Waals surface area contributed by atoms with Gasteiger partial charge >= 0.3 is 0 Å². The fourth-order valence-electron chi connectivity index (χ4n) is 1.78. The van der Waals surface area contributed by atoms with Gasteiger partial charge in [0, 0.05) is 9.75 Å². The summed E-state index contributed by atoms with van der Waals surface area (Å²) in [5, 5.41) is 11.3. The zero-order valence-electron chi connectivity index (χ0n) is 9.50. The SMILES string of the molecule is Cc1cc(C(O)c2ccc(Cl)c(Cl)c2)c(C)s1. The lowest BCUT2D eigenvalue weighted by molar-refractivity contribution is 0.220. The predicted octanol–water partition coefficient (Wildman–Crippen LogP) is 4.75. The molecule has 1 atom stereocenters. The Morgan fingerprint density at radius 1 is 1.12 bits per heavy atom. The van der Waals surface area contributed by atoms with Crippen LogP contribution in [0.25, 0.3) is 0 Å². The van der Waals surface area contributed by atoms with Crippen molar-refractivity contribution in [3.05, 3.63) is 55.2 Å². The maximum absolute atomic E-state index is 10.3. The van der Waals surface area contributed by atoms with Gasteiger partial charge in [0.2, 0.25) is 0 Å². The first kappa shape index (κ1) is 12.9. The van der Waals surface area contributed by atoms with Crippen LogP contribution in [0.5, 0.6) is 0 Å². The van der Waals surface area contributed by atoms with Crippen LogP contribution in [0.4, 0.5) is 0 Å². The van der Waals surface area contributed by atoms with E-state index in [2.05, 4.69) is 0 Å². The van der Waals surface area contributed by atoms with E-state index in [-0.39, 0.29) is 0 Å². The summed E-state index contributed by atoms with van der Waals surface area (Å²) < 4.78 is 0. The third kappa shape index (κ3) is 2.66. The molecule has 0 radical (unpaired) electrons. The van der Waals surface area contributed by atoms with Crippen LogP contribution in [0.3, 0.4) is 0 Å². The molecule has 2 rings (SSSR count). The molecule has 1 heterocycles. The average molecular weight is 287 g/mol. The van der Waals surface area contributed by atoms with Gasteiger partial charge in [-0.1, -0.05) is 29.3 Å². The molecule has 90 valence electrons. The third-order valence-electron chi connectivity index (χ3n) is 2.63. The largest absolute Gasteiger partial charge is 0.384 e. The van der Waals surface area contributed by atoms with Crippen LogP contribution in [0.2, 0.25) is 10.0 Å². The van der Waals surface area contributed by atoms with Crippen LogP contribution in [-0.2, 0) is 0 Å². The Balaban J connectivity index is 2.40. The molecule has 0 fully saturated rings. The van der Waals surface area contributed by atoms with Crippen LogP contribution in [0.15, 0.2) is 24.3 Å². The summed E-state index contributed by atoms with van der Waals surface area (Å²) in [4.78, 5) is 2.32. The number of aryl methyl sites for hydroxylation is 2. The minimum Gasteiger partial charge on any atom is -0.384 e. The van der Waals surface area contributed by atoms with E-state index in [1.54, 1.807) is 29.5 Å².